The largest absolute Gasteiger partial charge is 0.378 e. The Morgan fingerprint density at radius 3 is 2.72 bits per heavy atom. The average molecular weight is 432 g/mol. The van der Waals surface area contributed by atoms with Crippen molar-refractivity contribution in [1.29, 1.82) is 0 Å². The van der Waals surface area contributed by atoms with Gasteiger partial charge in [-0.25, -0.2) is 19.7 Å². The molecule has 1 aliphatic rings. The number of aromatic nitrogens is 4. The Bertz CT molecular complexity index is 1330. The van der Waals surface area contributed by atoms with Crippen LogP contribution >= 0.6 is 0 Å². The smallest absolute Gasteiger partial charge is 0.322 e. The summed E-state index contributed by atoms with van der Waals surface area (Å²) in [5, 5.41) is 7.32. The van der Waals surface area contributed by atoms with Crippen molar-refractivity contribution >= 4 is 45.3 Å². The molecule has 5 rings (SSSR count). The van der Waals surface area contributed by atoms with Crippen molar-refractivity contribution in [2.24, 2.45) is 7.05 Å². The maximum absolute atomic E-state index is 12.8. The molecule has 3 heterocycles. The molecular formula is C23H25N7O2. The second-order valence-electron chi connectivity index (χ2n) is 7.97. The molecule has 9 nitrogen and oxygen atoms in total. The first-order valence-electron chi connectivity index (χ1n) is 10.6. The van der Waals surface area contributed by atoms with Crippen molar-refractivity contribution in [2.45, 2.75) is 13.8 Å². The lowest BCUT2D eigenvalue weighted by atomic mass is 10.1. The van der Waals surface area contributed by atoms with Gasteiger partial charge in [-0.1, -0.05) is 18.2 Å². The number of hydrogen-bond acceptors (Lipinski definition) is 6. The Morgan fingerprint density at radius 1 is 1.09 bits per heavy atom. The zero-order chi connectivity index (χ0) is 22.2. The number of fused-ring (bicyclic) bond motifs is 2. The summed E-state index contributed by atoms with van der Waals surface area (Å²) in [6, 6.07) is 9.73. The molecule has 0 radical (unpaired) electrons. The molecule has 0 bridgehead atoms. The van der Waals surface area contributed by atoms with E-state index in [2.05, 4.69) is 25.6 Å². The van der Waals surface area contributed by atoms with Crippen LogP contribution in [0, 0.1) is 13.8 Å². The fourth-order valence-electron chi connectivity index (χ4n) is 3.92. The molecule has 0 unspecified atom stereocenters. The number of morpholine rings is 1. The first-order chi connectivity index (χ1) is 15.5. The number of urea groups is 1. The number of nitrogens with one attached hydrogen (secondary N) is 2. The minimum absolute atomic E-state index is 0.160. The van der Waals surface area contributed by atoms with Crippen molar-refractivity contribution < 1.29 is 9.53 Å². The maximum atomic E-state index is 12.8. The van der Waals surface area contributed by atoms with Crippen molar-refractivity contribution in [3.05, 3.63) is 47.9 Å². The van der Waals surface area contributed by atoms with E-state index < -0.39 is 0 Å². The number of imidazole rings is 1. The lowest BCUT2D eigenvalue weighted by Crippen LogP contribution is -2.43. The van der Waals surface area contributed by atoms with Crippen LogP contribution in [-0.4, -0.2) is 56.8 Å². The minimum Gasteiger partial charge on any atom is -0.378 e. The maximum Gasteiger partial charge on any atom is 0.322 e. The number of carbonyl (C=O) groups excluding carboxylic acids is 1. The van der Waals surface area contributed by atoms with Gasteiger partial charge in [0.2, 0.25) is 5.95 Å². The van der Waals surface area contributed by atoms with Crippen LogP contribution in [0.2, 0.25) is 0 Å². The number of hydrogen-bond donors (Lipinski definition) is 2. The van der Waals surface area contributed by atoms with Crippen molar-refractivity contribution in [1.82, 2.24) is 24.4 Å². The molecule has 32 heavy (non-hydrogen) atoms. The molecule has 164 valence electrons. The van der Waals surface area contributed by atoms with E-state index in [9.17, 15) is 4.79 Å². The number of amides is 2. The van der Waals surface area contributed by atoms with Gasteiger partial charge in [0.25, 0.3) is 0 Å². The number of anilines is 3. The molecule has 9 heteroatoms. The van der Waals surface area contributed by atoms with Crippen LogP contribution in [0.5, 0.6) is 0 Å². The lowest BCUT2D eigenvalue weighted by molar-refractivity contribution is 0.0565. The zero-order valence-corrected chi connectivity index (χ0v) is 18.3. The predicted molar refractivity (Wildman–Crippen MR) is 124 cm³/mol. The van der Waals surface area contributed by atoms with Gasteiger partial charge >= 0.3 is 6.03 Å². The highest BCUT2D eigenvalue weighted by Crippen LogP contribution is 2.30. The van der Waals surface area contributed by atoms with Gasteiger partial charge in [0, 0.05) is 37.4 Å². The van der Waals surface area contributed by atoms with Crippen molar-refractivity contribution in [3.8, 4) is 0 Å². The van der Waals surface area contributed by atoms with Crippen LogP contribution in [0.15, 0.2) is 36.5 Å². The number of ether oxygens (including phenoxy) is 1. The van der Waals surface area contributed by atoms with E-state index in [1.165, 1.54) is 0 Å². The van der Waals surface area contributed by atoms with Crippen LogP contribution in [0.25, 0.3) is 21.9 Å². The van der Waals surface area contributed by atoms with Crippen LogP contribution in [-0.2, 0) is 11.8 Å². The van der Waals surface area contributed by atoms with E-state index in [0.29, 0.717) is 37.9 Å². The van der Waals surface area contributed by atoms with Crippen molar-refractivity contribution in [2.75, 3.05) is 36.9 Å². The third kappa shape index (κ3) is 3.71. The number of rotatable bonds is 3. The first kappa shape index (κ1) is 20.2. The minimum atomic E-state index is -0.160. The molecule has 0 spiro atoms. The third-order valence-corrected chi connectivity index (χ3v) is 5.82. The fraction of sp³-hybridized carbons (Fsp3) is 0.304. The van der Waals surface area contributed by atoms with Gasteiger partial charge in [0.05, 0.1) is 29.9 Å². The normalized spacial score (nSPS) is 14.2. The topological polar surface area (TPSA) is 97.2 Å². The van der Waals surface area contributed by atoms with Gasteiger partial charge in [0.15, 0.2) is 0 Å². The lowest BCUT2D eigenvalue weighted by Gasteiger charge is -2.27. The summed E-state index contributed by atoms with van der Waals surface area (Å²) >= 11 is 0. The van der Waals surface area contributed by atoms with Gasteiger partial charge in [-0.2, -0.15) is 0 Å². The Morgan fingerprint density at radius 2 is 1.91 bits per heavy atom. The average Bonchev–Trinajstić information content (AvgIpc) is 3.09. The van der Waals surface area contributed by atoms with E-state index in [1.54, 1.807) is 4.90 Å². The molecule has 1 aliphatic heterocycles. The molecule has 0 aliphatic carbocycles. The van der Waals surface area contributed by atoms with E-state index in [1.807, 2.05) is 62.0 Å². The second-order valence-corrected chi connectivity index (χ2v) is 7.97. The molecule has 4 aromatic rings. The predicted octanol–water partition coefficient (Wildman–Crippen LogP) is 3.74. The van der Waals surface area contributed by atoms with Gasteiger partial charge in [-0.15, -0.1) is 0 Å². The number of aryl methyl sites for hydroxylation is 3. The Balaban J connectivity index is 1.51. The molecule has 0 saturated carbocycles. The quantitative estimate of drug-likeness (QED) is 0.513. The Kier molecular flexibility index (Phi) is 5.10. The summed E-state index contributed by atoms with van der Waals surface area (Å²) in [6.45, 7) is 6.20. The molecule has 2 N–H and O–H groups in total. The summed E-state index contributed by atoms with van der Waals surface area (Å²) < 4.78 is 7.35. The van der Waals surface area contributed by atoms with E-state index in [-0.39, 0.29) is 6.03 Å². The monoisotopic (exact) mass is 431 g/mol. The van der Waals surface area contributed by atoms with E-state index in [0.717, 1.165) is 39.0 Å². The zero-order valence-electron chi connectivity index (χ0n) is 18.3. The molecule has 1 fully saturated rings. The van der Waals surface area contributed by atoms with Gasteiger partial charge in [-0.3, -0.25) is 0 Å². The standard InChI is InChI=1S/C23H25N7O2/c1-14-5-4-6-16-13-24-22(28-20(14)16)26-17-11-18(21-19(12-17)29(3)15(2)25-21)27-23(31)30-7-9-32-10-8-30/h4-6,11-13H,7-10H2,1-3H3,(H,27,31)(H,24,26,28). The van der Waals surface area contributed by atoms with Gasteiger partial charge in [-0.05, 0) is 31.5 Å². The fourth-order valence-corrected chi connectivity index (χ4v) is 3.92. The highest BCUT2D eigenvalue weighted by atomic mass is 16.5. The number of carbonyl (C=O) groups is 1. The van der Waals surface area contributed by atoms with Gasteiger partial charge in [0.1, 0.15) is 11.3 Å². The number of nitrogens with zero attached hydrogens (tertiary/aromatic N) is 5. The van der Waals surface area contributed by atoms with Crippen LogP contribution in [0.4, 0.5) is 22.1 Å². The summed E-state index contributed by atoms with van der Waals surface area (Å²) in [4.78, 5) is 28.4. The highest BCUT2D eigenvalue weighted by molar-refractivity contribution is 6.01. The summed E-state index contributed by atoms with van der Waals surface area (Å²) in [7, 11) is 1.96. The second kappa shape index (κ2) is 8.08. The highest BCUT2D eigenvalue weighted by Gasteiger charge is 2.20. The number of para-hydroxylation sites is 1. The van der Waals surface area contributed by atoms with Crippen LogP contribution in [0.1, 0.15) is 11.4 Å². The third-order valence-electron chi connectivity index (χ3n) is 5.82. The molecule has 2 aromatic heterocycles. The summed E-state index contributed by atoms with van der Waals surface area (Å²) in [6.07, 6.45) is 1.81. The van der Waals surface area contributed by atoms with Crippen molar-refractivity contribution in [3.63, 3.8) is 0 Å². The van der Waals surface area contributed by atoms with E-state index >= 15 is 0 Å². The van der Waals surface area contributed by atoms with Crippen LogP contribution in [0.3, 0.4) is 0 Å². The first-order valence-corrected chi connectivity index (χ1v) is 10.6. The summed E-state index contributed by atoms with van der Waals surface area (Å²) in [5.74, 6) is 1.35. The molecular weight excluding hydrogens is 406 g/mol. The molecule has 1 saturated heterocycles. The van der Waals surface area contributed by atoms with Gasteiger partial charge < -0.3 is 24.8 Å². The Labute approximate surface area is 185 Å². The SMILES string of the molecule is Cc1cccc2cnc(Nc3cc(NC(=O)N4CCOCC4)c4nc(C)n(C)c4c3)nc12. The number of benzene rings is 2. The molecule has 0 atom stereocenters. The molecule has 2 aromatic carbocycles. The van der Waals surface area contributed by atoms with E-state index in [4.69, 9.17) is 4.74 Å². The van der Waals surface area contributed by atoms with Crippen LogP contribution < -0.4 is 10.6 Å². The Hall–Kier alpha value is -3.72. The molecule has 2 amide bonds. The summed E-state index contributed by atoms with van der Waals surface area (Å²) in [5.41, 5.74) is 5.05.